The summed E-state index contributed by atoms with van der Waals surface area (Å²) in [5, 5.41) is -0.0401. The molecule has 0 saturated carbocycles. The van der Waals surface area contributed by atoms with Crippen LogP contribution in [0.1, 0.15) is 28.8 Å². The number of amides is 1. The molecule has 2 aromatic rings. The van der Waals surface area contributed by atoms with Crippen LogP contribution in [0.2, 0.25) is 5.02 Å². The predicted octanol–water partition coefficient (Wildman–Crippen LogP) is 3.47. The Bertz CT molecular complexity index is 1130. The van der Waals surface area contributed by atoms with Gasteiger partial charge in [0.2, 0.25) is 5.75 Å². The molecule has 34 heavy (non-hydrogen) atoms. The van der Waals surface area contributed by atoms with E-state index in [-0.39, 0.29) is 39.8 Å². The number of halogens is 1. The zero-order valence-electron chi connectivity index (χ0n) is 19.0. The van der Waals surface area contributed by atoms with E-state index in [0.29, 0.717) is 0 Å². The zero-order valence-corrected chi connectivity index (χ0v) is 19.7. The first-order valence-corrected chi connectivity index (χ1v) is 11.3. The van der Waals surface area contributed by atoms with Gasteiger partial charge in [-0.3, -0.25) is 9.69 Å². The van der Waals surface area contributed by atoms with Gasteiger partial charge in [0.15, 0.2) is 11.5 Å². The Balaban J connectivity index is 1.52. The summed E-state index contributed by atoms with van der Waals surface area (Å²) in [5.41, 5.74) is 1.38. The molecule has 0 unspecified atom stereocenters. The van der Waals surface area contributed by atoms with Crippen molar-refractivity contribution in [2.45, 2.75) is 25.4 Å². The molecule has 4 rings (SSSR count). The van der Waals surface area contributed by atoms with Crippen molar-refractivity contribution in [3.05, 3.63) is 64.7 Å². The van der Waals surface area contributed by atoms with Crippen molar-refractivity contribution >= 4 is 29.4 Å². The number of likely N-dealkylation sites (tertiary alicyclic amines) is 1. The van der Waals surface area contributed by atoms with E-state index in [9.17, 15) is 14.4 Å². The quantitative estimate of drug-likeness (QED) is 0.474. The van der Waals surface area contributed by atoms with Gasteiger partial charge in [-0.15, -0.1) is 0 Å². The Hall–Kier alpha value is -3.36. The predicted molar refractivity (Wildman–Crippen MR) is 125 cm³/mol. The highest BCUT2D eigenvalue weighted by atomic mass is 35.5. The summed E-state index contributed by atoms with van der Waals surface area (Å²) in [6, 6.07) is 11.7. The van der Waals surface area contributed by atoms with Gasteiger partial charge in [0.05, 0.1) is 17.7 Å². The van der Waals surface area contributed by atoms with Crippen molar-refractivity contribution in [2.24, 2.45) is 0 Å². The van der Waals surface area contributed by atoms with Crippen LogP contribution in [-0.4, -0.2) is 60.9 Å². The van der Waals surface area contributed by atoms with Crippen LogP contribution in [0.5, 0.6) is 17.2 Å². The smallest absolute Gasteiger partial charge is 0.336 e. The van der Waals surface area contributed by atoms with Gasteiger partial charge in [-0.2, -0.15) is 0 Å². The van der Waals surface area contributed by atoms with Crippen LogP contribution in [-0.2, 0) is 16.1 Å². The molecule has 0 bridgehead atoms. The van der Waals surface area contributed by atoms with E-state index in [0.717, 1.165) is 44.6 Å². The Morgan fingerprint density at radius 2 is 1.71 bits per heavy atom. The maximum absolute atomic E-state index is 13.4. The molecule has 2 aliphatic heterocycles. The first-order valence-electron chi connectivity index (χ1n) is 10.9. The summed E-state index contributed by atoms with van der Waals surface area (Å²) in [7, 11) is 3.07. The van der Waals surface area contributed by atoms with Crippen molar-refractivity contribution in [3.8, 4) is 17.2 Å². The molecule has 0 N–H and O–H groups in total. The van der Waals surface area contributed by atoms with Gasteiger partial charge in [-0.1, -0.05) is 41.9 Å². The molecule has 1 amide bonds. The van der Waals surface area contributed by atoms with Crippen molar-refractivity contribution < 1.29 is 28.6 Å². The molecule has 0 aliphatic carbocycles. The van der Waals surface area contributed by atoms with E-state index >= 15 is 0 Å². The monoisotopic (exact) mass is 484 g/mol. The number of piperidine rings is 1. The number of carbonyl (C=O) groups is 3. The fourth-order valence-electron chi connectivity index (χ4n) is 4.21. The number of esters is 2. The van der Waals surface area contributed by atoms with Gasteiger partial charge in [-0.05, 0) is 24.5 Å². The molecule has 2 aliphatic rings. The van der Waals surface area contributed by atoms with Gasteiger partial charge in [0.1, 0.15) is 0 Å². The minimum atomic E-state index is -0.809. The molecular formula is C25H25ClN2O6. The van der Waals surface area contributed by atoms with Crippen molar-refractivity contribution in [3.63, 3.8) is 0 Å². The molecule has 178 valence electrons. The molecule has 0 aromatic heterocycles. The number of hydrogen-bond donors (Lipinski definition) is 0. The van der Waals surface area contributed by atoms with Crippen molar-refractivity contribution in [2.75, 3.05) is 27.2 Å². The highest BCUT2D eigenvalue weighted by Gasteiger charge is 2.32. The maximum Gasteiger partial charge on any atom is 0.336 e. The van der Waals surface area contributed by atoms with Crippen LogP contribution in [0, 0.1) is 0 Å². The number of carbonyl (C=O) groups excluding carboxylic acids is 3. The molecule has 8 nitrogen and oxygen atoms in total. The lowest BCUT2D eigenvalue weighted by Crippen LogP contribution is -2.45. The summed E-state index contributed by atoms with van der Waals surface area (Å²) in [4.78, 5) is 41.4. The Labute approximate surface area is 202 Å². The lowest BCUT2D eigenvalue weighted by atomic mass is 10.0. The molecule has 1 fully saturated rings. The highest BCUT2D eigenvalue weighted by molar-refractivity contribution is 6.33. The molecule has 2 aromatic carbocycles. The lowest BCUT2D eigenvalue weighted by Gasteiger charge is -2.37. The average Bonchev–Trinajstić information content (AvgIpc) is 2.84. The van der Waals surface area contributed by atoms with Gasteiger partial charge in [0.25, 0.3) is 5.91 Å². The van der Waals surface area contributed by atoms with Crippen molar-refractivity contribution in [1.29, 1.82) is 0 Å². The second-order valence-electron chi connectivity index (χ2n) is 8.18. The first-order chi connectivity index (χ1) is 16.4. The first kappa shape index (κ1) is 23.8. The molecule has 9 heteroatoms. The molecule has 0 spiro atoms. The number of methoxy groups -OCH3 is 1. The highest BCUT2D eigenvalue weighted by Crippen LogP contribution is 2.46. The Kier molecular flexibility index (Phi) is 7.19. The van der Waals surface area contributed by atoms with Gasteiger partial charge < -0.3 is 19.1 Å². The molecule has 2 heterocycles. The zero-order chi connectivity index (χ0) is 24.2. The molecule has 1 saturated heterocycles. The normalized spacial score (nSPS) is 17.6. The third-order valence-electron chi connectivity index (χ3n) is 6.01. The Morgan fingerprint density at radius 1 is 1.09 bits per heavy atom. The second-order valence-corrected chi connectivity index (χ2v) is 8.59. The number of nitrogens with zero attached hydrogens (tertiary/aromatic N) is 2. The summed E-state index contributed by atoms with van der Waals surface area (Å²) >= 11 is 6.32. The van der Waals surface area contributed by atoms with E-state index in [1.54, 1.807) is 11.9 Å². The largest absolute Gasteiger partial charge is 0.492 e. The summed E-state index contributed by atoms with van der Waals surface area (Å²) in [6.07, 6.45) is 3.49. The second kappa shape index (κ2) is 10.3. The van der Waals surface area contributed by atoms with E-state index in [4.69, 9.17) is 25.8 Å². The topological polar surface area (TPSA) is 85.4 Å². The van der Waals surface area contributed by atoms with Crippen molar-refractivity contribution in [1.82, 2.24) is 9.80 Å². The minimum Gasteiger partial charge on any atom is -0.492 e. The minimum absolute atomic E-state index is 0.0192. The van der Waals surface area contributed by atoms with Crippen LogP contribution >= 0.6 is 11.6 Å². The van der Waals surface area contributed by atoms with Crippen LogP contribution in [0.15, 0.2) is 48.6 Å². The number of ether oxygens (including phenoxy) is 3. The van der Waals surface area contributed by atoms with Gasteiger partial charge >= 0.3 is 11.9 Å². The van der Waals surface area contributed by atoms with E-state index in [1.165, 1.54) is 18.7 Å². The summed E-state index contributed by atoms with van der Waals surface area (Å²) in [5.74, 6) is -2.32. The SMILES string of the molecule is COc1c(C(=O)N(C)C2CCN(Cc3ccccc3)CC2)cc(Cl)c2c1OC(=O)/C=C/C(=O)O2. The van der Waals surface area contributed by atoms with Crippen LogP contribution < -0.4 is 14.2 Å². The van der Waals surface area contributed by atoms with Crippen LogP contribution in [0.3, 0.4) is 0 Å². The molecule has 0 atom stereocenters. The standard InChI is InChI=1S/C25H25ClN2O6/c1-27(17-10-12-28(13-11-17)15-16-6-4-3-5-7-16)25(31)18-14-19(26)23-24(22(18)32-2)34-21(30)9-8-20(29)33-23/h3-9,14,17H,10-13,15H2,1-2H3/b9-8+. The number of hydrogen-bond acceptors (Lipinski definition) is 7. The number of rotatable bonds is 5. The molecular weight excluding hydrogens is 460 g/mol. The third kappa shape index (κ3) is 5.08. The van der Waals surface area contributed by atoms with Gasteiger partial charge in [0, 0.05) is 44.9 Å². The Morgan fingerprint density at radius 3 is 2.32 bits per heavy atom. The maximum atomic E-state index is 13.4. The van der Waals surface area contributed by atoms with E-state index in [1.807, 2.05) is 18.2 Å². The van der Waals surface area contributed by atoms with E-state index < -0.39 is 11.9 Å². The lowest BCUT2D eigenvalue weighted by molar-refractivity contribution is -0.133. The third-order valence-corrected chi connectivity index (χ3v) is 6.30. The number of fused-ring (bicyclic) bond motifs is 1. The van der Waals surface area contributed by atoms with Gasteiger partial charge in [-0.25, -0.2) is 9.59 Å². The van der Waals surface area contributed by atoms with Crippen LogP contribution in [0.25, 0.3) is 0 Å². The average molecular weight is 485 g/mol. The summed E-state index contributed by atoms with van der Waals surface area (Å²) < 4.78 is 15.9. The van der Waals surface area contributed by atoms with Crippen LogP contribution in [0.4, 0.5) is 0 Å². The fraction of sp³-hybridized carbons (Fsp3) is 0.320. The number of benzene rings is 2. The molecule has 0 radical (unpaired) electrons. The fourth-order valence-corrected chi connectivity index (χ4v) is 4.44. The van der Waals surface area contributed by atoms with E-state index in [2.05, 4.69) is 17.0 Å². The summed E-state index contributed by atoms with van der Waals surface area (Å²) in [6.45, 7) is 2.59.